The van der Waals surface area contributed by atoms with Gasteiger partial charge in [0.2, 0.25) is 6.79 Å². The summed E-state index contributed by atoms with van der Waals surface area (Å²) in [6, 6.07) is 3.12. The summed E-state index contributed by atoms with van der Waals surface area (Å²) in [5.74, 6) is 1.02. The number of benzene rings is 1. The molecule has 18 heavy (non-hydrogen) atoms. The zero-order valence-electron chi connectivity index (χ0n) is 9.80. The lowest BCUT2D eigenvalue weighted by molar-refractivity contribution is -0.141. The van der Waals surface area contributed by atoms with E-state index in [0.717, 1.165) is 0 Å². The largest absolute Gasteiger partial charge is 0.492 e. The number of carbonyl (C=O) groups excluding carboxylic acids is 2. The van der Waals surface area contributed by atoms with Crippen molar-refractivity contribution in [3.63, 3.8) is 0 Å². The molecule has 0 spiro atoms. The van der Waals surface area contributed by atoms with Crippen LogP contribution in [0.25, 0.3) is 0 Å². The molecule has 0 N–H and O–H groups in total. The van der Waals surface area contributed by atoms with Crippen LogP contribution in [0.15, 0.2) is 12.1 Å². The van der Waals surface area contributed by atoms with Crippen LogP contribution >= 0.6 is 0 Å². The Morgan fingerprint density at radius 2 is 2.11 bits per heavy atom. The summed E-state index contributed by atoms with van der Waals surface area (Å²) in [6.07, 6.45) is 0.776. The van der Waals surface area contributed by atoms with Crippen LogP contribution in [0.3, 0.4) is 0 Å². The van der Waals surface area contributed by atoms with Gasteiger partial charge in [-0.15, -0.1) is 0 Å². The zero-order valence-corrected chi connectivity index (χ0v) is 9.80. The van der Waals surface area contributed by atoms with E-state index in [9.17, 15) is 9.59 Å². The van der Waals surface area contributed by atoms with E-state index in [1.165, 1.54) is 7.11 Å². The molecule has 6 heteroatoms. The highest BCUT2D eigenvalue weighted by Crippen LogP contribution is 2.37. The van der Waals surface area contributed by atoms with Crippen molar-refractivity contribution in [2.24, 2.45) is 0 Å². The highest BCUT2D eigenvalue weighted by Gasteiger charge is 2.18. The summed E-state index contributed by atoms with van der Waals surface area (Å²) in [6.45, 7) is 0.256. The fourth-order valence-corrected chi connectivity index (χ4v) is 1.50. The lowest BCUT2D eigenvalue weighted by Gasteiger charge is -2.08. The highest BCUT2D eigenvalue weighted by molar-refractivity contribution is 5.81. The standard InChI is InChI=1S/C12H12O6/c1-15-12(14)2-3-16-9-5-11-10(17-7-18-11)4-8(9)6-13/h4-6H,2-3,7H2,1H3. The monoisotopic (exact) mass is 252 g/mol. The number of aldehydes is 1. The lowest BCUT2D eigenvalue weighted by Crippen LogP contribution is -2.08. The smallest absolute Gasteiger partial charge is 0.308 e. The van der Waals surface area contributed by atoms with Gasteiger partial charge in [0.15, 0.2) is 17.8 Å². The Hall–Kier alpha value is -2.24. The molecule has 6 nitrogen and oxygen atoms in total. The summed E-state index contributed by atoms with van der Waals surface area (Å²) < 4.78 is 20.2. The third-order valence-electron chi connectivity index (χ3n) is 2.42. The number of carbonyl (C=O) groups is 2. The first-order chi connectivity index (χ1) is 8.74. The number of hydrogen-bond acceptors (Lipinski definition) is 6. The molecular weight excluding hydrogens is 240 g/mol. The van der Waals surface area contributed by atoms with E-state index in [1.807, 2.05) is 0 Å². The van der Waals surface area contributed by atoms with Crippen molar-refractivity contribution in [1.82, 2.24) is 0 Å². The van der Waals surface area contributed by atoms with Gasteiger partial charge in [-0.1, -0.05) is 0 Å². The van der Waals surface area contributed by atoms with Gasteiger partial charge in [-0.05, 0) is 6.07 Å². The second-order valence-electron chi connectivity index (χ2n) is 3.54. The fourth-order valence-electron chi connectivity index (χ4n) is 1.50. The minimum Gasteiger partial charge on any atom is -0.492 e. The number of ether oxygens (including phenoxy) is 4. The van der Waals surface area contributed by atoms with Crippen LogP contribution in [0.1, 0.15) is 16.8 Å². The molecule has 0 fully saturated rings. The number of rotatable bonds is 5. The van der Waals surface area contributed by atoms with E-state index >= 15 is 0 Å². The SMILES string of the molecule is COC(=O)CCOc1cc2c(cc1C=O)OCO2. The molecule has 96 valence electrons. The van der Waals surface area contributed by atoms with Gasteiger partial charge in [-0.3, -0.25) is 9.59 Å². The van der Waals surface area contributed by atoms with Gasteiger partial charge in [-0.2, -0.15) is 0 Å². The topological polar surface area (TPSA) is 71.1 Å². The Bertz CT molecular complexity index is 468. The van der Waals surface area contributed by atoms with Crippen molar-refractivity contribution in [3.8, 4) is 17.2 Å². The van der Waals surface area contributed by atoms with Gasteiger partial charge in [0, 0.05) is 6.07 Å². The molecule has 0 saturated heterocycles. The second-order valence-corrected chi connectivity index (χ2v) is 3.54. The number of fused-ring (bicyclic) bond motifs is 1. The molecule has 0 amide bonds. The van der Waals surface area contributed by atoms with Crippen molar-refractivity contribution in [2.75, 3.05) is 20.5 Å². The summed E-state index contributed by atoms with van der Waals surface area (Å²) in [5.41, 5.74) is 0.351. The molecule has 1 heterocycles. The predicted octanol–water partition coefficient (Wildman–Crippen LogP) is 1.17. The van der Waals surface area contributed by atoms with Crippen LogP contribution in [-0.2, 0) is 9.53 Å². The predicted molar refractivity (Wildman–Crippen MR) is 60.1 cm³/mol. The summed E-state index contributed by atoms with van der Waals surface area (Å²) in [7, 11) is 1.31. The number of methoxy groups -OCH3 is 1. The molecule has 0 aliphatic carbocycles. The van der Waals surface area contributed by atoms with Crippen LogP contribution in [-0.4, -0.2) is 32.8 Å². The molecule has 1 aliphatic rings. The molecule has 1 aromatic carbocycles. The zero-order chi connectivity index (χ0) is 13.0. The Morgan fingerprint density at radius 1 is 1.39 bits per heavy atom. The molecule has 0 aromatic heterocycles. The van der Waals surface area contributed by atoms with Gasteiger partial charge < -0.3 is 18.9 Å². The summed E-state index contributed by atoms with van der Waals surface area (Å²) in [5, 5.41) is 0. The van der Waals surface area contributed by atoms with Crippen LogP contribution in [0.5, 0.6) is 17.2 Å². The van der Waals surface area contributed by atoms with E-state index in [4.69, 9.17) is 14.2 Å². The maximum absolute atomic E-state index is 10.9. The minimum absolute atomic E-state index is 0.114. The second kappa shape index (κ2) is 5.39. The van der Waals surface area contributed by atoms with Crippen molar-refractivity contribution in [2.45, 2.75) is 6.42 Å². The molecule has 0 unspecified atom stereocenters. The first kappa shape index (κ1) is 12.2. The maximum atomic E-state index is 10.9. The van der Waals surface area contributed by atoms with Crippen molar-refractivity contribution < 1.29 is 28.5 Å². The van der Waals surface area contributed by atoms with Crippen LogP contribution in [0, 0.1) is 0 Å². The average molecular weight is 252 g/mol. The fraction of sp³-hybridized carbons (Fsp3) is 0.333. The Morgan fingerprint density at radius 3 is 2.78 bits per heavy atom. The van der Waals surface area contributed by atoms with Gasteiger partial charge in [0.25, 0.3) is 0 Å². The average Bonchev–Trinajstić information content (AvgIpc) is 2.84. The quantitative estimate of drug-likeness (QED) is 0.578. The van der Waals surface area contributed by atoms with Gasteiger partial charge in [0.1, 0.15) is 5.75 Å². The van der Waals surface area contributed by atoms with E-state index in [1.54, 1.807) is 12.1 Å². The Kier molecular flexibility index (Phi) is 3.66. The van der Waals surface area contributed by atoms with Crippen LogP contribution in [0.2, 0.25) is 0 Å². The number of hydrogen-bond donors (Lipinski definition) is 0. The minimum atomic E-state index is -0.372. The van der Waals surface area contributed by atoms with Crippen LogP contribution in [0.4, 0.5) is 0 Å². The molecule has 0 radical (unpaired) electrons. The van der Waals surface area contributed by atoms with Crippen molar-refractivity contribution >= 4 is 12.3 Å². The molecule has 1 aromatic rings. The molecule has 0 bridgehead atoms. The number of esters is 1. The van der Waals surface area contributed by atoms with E-state index in [-0.39, 0.29) is 25.8 Å². The van der Waals surface area contributed by atoms with Gasteiger partial charge in [0.05, 0.1) is 25.7 Å². The third-order valence-corrected chi connectivity index (χ3v) is 2.42. The summed E-state index contributed by atoms with van der Waals surface area (Å²) >= 11 is 0. The summed E-state index contributed by atoms with van der Waals surface area (Å²) in [4.78, 5) is 21.8. The van der Waals surface area contributed by atoms with Gasteiger partial charge >= 0.3 is 5.97 Å². The van der Waals surface area contributed by atoms with E-state index < -0.39 is 0 Å². The first-order valence-electron chi connectivity index (χ1n) is 5.33. The van der Waals surface area contributed by atoms with Crippen molar-refractivity contribution in [3.05, 3.63) is 17.7 Å². The van der Waals surface area contributed by atoms with Gasteiger partial charge in [-0.25, -0.2) is 0 Å². The third kappa shape index (κ3) is 2.53. The first-order valence-corrected chi connectivity index (χ1v) is 5.33. The normalized spacial score (nSPS) is 12.1. The molecule has 0 atom stereocenters. The lowest BCUT2D eigenvalue weighted by atomic mass is 10.2. The maximum Gasteiger partial charge on any atom is 0.308 e. The molecule has 0 saturated carbocycles. The Labute approximate surface area is 103 Å². The molecular formula is C12H12O6. The molecule has 1 aliphatic heterocycles. The van der Waals surface area contributed by atoms with E-state index in [2.05, 4.69) is 4.74 Å². The van der Waals surface area contributed by atoms with E-state index in [0.29, 0.717) is 29.1 Å². The molecule has 2 rings (SSSR count). The highest BCUT2D eigenvalue weighted by atomic mass is 16.7. The van der Waals surface area contributed by atoms with Crippen molar-refractivity contribution in [1.29, 1.82) is 0 Å². The Balaban J connectivity index is 2.07. The van der Waals surface area contributed by atoms with Crippen LogP contribution < -0.4 is 14.2 Å².